The molecular weight excluding hydrogens is 340 g/mol. The van der Waals surface area contributed by atoms with Crippen molar-refractivity contribution >= 4 is 17.6 Å². The maximum atomic E-state index is 10.4. The molecule has 3 atom stereocenters. The molecule has 0 amide bonds. The number of piperidine rings is 1. The van der Waals surface area contributed by atoms with Gasteiger partial charge in [-0.05, 0) is 48.6 Å². The van der Waals surface area contributed by atoms with Crippen LogP contribution in [0.1, 0.15) is 18.4 Å². The molecule has 2 bridgehead atoms. The number of anilines is 1. The van der Waals surface area contributed by atoms with Crippen molar-refractivity contribution in [3.63, 3.8) is 0 Å². The van der Waals surface area contributed by atoms with Crippen LogP contribution in [0.4, 0.5) is 5.82 Å². The molecule has 1 saturated heterocycles. The van der Waals surface area contributed by atoms with Gasteiger partial charge in [0.05, 0.1) is 5.69 Å². The van der Waals surface area contributed by atoms with Crippen molar-refractivity contribution < 1.29 is 5.11 Å². The Balaban J connectivity index is 1.54. The molecule has 1 aromatic carbocycles. The molecule has 2 fully saturated rings. The number of hydrogen-bond acceptors (Lipinski definition) is 7. The van der Waals surface area contributed by atoms with E-state index in [-0.39, 0.29) is 5.75 Å². The zero-order valence-electron chi connectivity index (χ0n) is 15.3. The molecule has 2 aromatic rings. The van der Waals surface area contributed by atoms with Crippen LogP contribution in [0.15, 0.2) is 36.5 Å². The number of fused-ring (bicyclic) bond motifs is 2. The second-order valence-corrected chi connectivity index (χ2v) is 7.29. The molecular formula is C20H24N6O. The summed E-state index contributed by atoms with van der Waals surface area (Å²) in [6.45, 7) is 1.08. The Bertz CT molecular complexity index is 879. The Morgan fingerprint density at radius 2 is 2.15 bits per heavy atom. The Labute approximate surface area is 158 Å². The molecule has 5 N–H and O–H groups in total. The number of nitrogens with one attached hydrogen (secondary N) is 2. The monoisotopic (exact) mass is 364 g/mol. The van der Waals surface area contributed by atoms with Gasteiger partial charge in [0.15, 0.2) is 5.82 Å². The topological polar surface area (TPSA) is 111 Å². The summed E-state index contributed by atoms with van der Waals surface area (Å²) in [4.78, 5) is 2.23. The van der Waals surface area contributed by atoms with Gasteiger partial charge in [0.1, 0.15) is 5.75 Å². The third-order valence-corrected chi connectivity index (χ3v) is 5.78. The normalized spacial score (nSPS) is 24.2. The van der Waals surface area contributed by atoms with E-state index >= 15 is 0 Å². The van der Waals surface area contributed by atoms with Crippen LogP contribution in [0.25, 0.3) is 16.8 Å². The van der Waals surface area contributed by atoms with E-state index in [0.717, 1.165) is 25.0 Å². The van der Waals surface area contributed by atoms with Crippen LogP contribution >= 0.6 is 0 Å². The molecule has 4 rings (SSSR count). The van der Waals surface area contributed by atoms with Gasteiger partial charge >= 0.3 is 0 Å². The first-order chi connectivity index (χ1) is 13.1. The highest BCUT2D eigenvalue weighted by Gasteiger charge is 2.41. The highest BCUT2D eigenvalue weighted by atomic mass is 16.3. The summed E-state index contributed by atoms with van der Waals surface area (Å²) < 4.78 is 0. The average Bonchev–Trinajstić information content (AvgIpc) is 3.32. The number of benzene rings is 1. The fourth-order valence-corrected chi connectivity index (χ4v) is 4.26. The molecule has 2 aliphatic rings. The van der Waals surface area contributed by atoms with Gasteiger partial charge in [0.25, 0.3) is 0 Å². The number of nitrogens with zero attached hydrogens (tertiary/aromatic N) is 3. The molecule has 2 heterocycles. The maximum Gasteiger partial charge on any atom is 0.151 e. The molecule has 7 heteroatoms. The quantitative estimate of drug-likeness (QED) is 0.604. The molecule has 0 unspecified atom stereocenters. The summed E-state index contributed by atoms with van der Waals surface area (Å²) in [6, 6.07) is 10.1. The summed E-state index contributed by atoms with van der Waals surface area (Å²) >= 11 is 0. The first-order valence-electron chi connectivity index (χ1n) is 9.16. The number of phenols is 1. The number of aromatic hydroxyl groups is 1. The van der Waals surface area contributed by atoms with Crippen LogP contribution in [-0.4, -0.2) is 47.2 Å². The predicted octanol–water partition coefficient (Wildman–Crippen LogP) is 1.98. The summed E-state index contributed by atoms with van der Waals surface area (Å²) in [5.41, 5.74) is 7.95. The van der Waals surface area contributed by atoms with Gasteiger partial charge in [-0.3, -0.25) is 0 Å². The lowest BCUT2D eigenvalue weighted by atomic mass is 10.0. The number of hydrogen-bond donors (Lipinski definition) is 4. The van der Waals surface area contributed by atoms with Crippen LogP contribution in [0, 0.1) is 11.3 Å². The van der Waals surface area contributed by atoms with Gasteiger partial charge in [-0.2, -0.15) is 0 Å². The largest absolute Gasteiger partial charge is 0.507 e. The van der Waals surface area contributed by atoms with E-state index in [1.54, 1.807) is 12.1 Å². The third kappa shape index (κ3) is 3.14. The zero-order valence-corrected chi connectivity index (χ0v) is 15.3. The van der Waals surface area contributed by atoms with Crippen LogP contribution in [0.5, 0.6) is 5.75 Å². The minimum Gasteiger partial charge on any atom is -0.507 e. The molecule has 140 valence electrons. The summed E-state index contributed by atoms with van der Waals surface area (Å²) in [5.74, 6) is 1.62. The third-order valence-electron chi connectivity index (χ3n) is 5.78. The van der Waals surface area contributed by atoms with E-state index < -0.39 is 0 Å². The van der Waals surface area contributed by atoms with Crippen molar-refractivity contribution in [3.05, 3.63) is 42.1 Å². The standard InChI is InChI=1S/C20H24N6O/c1-26(18-8-15-6-13(18)11-23-15)20-5-4-17(24-25-20)16-3-2-12(7-19(16)27)14(9-21)10-22/h2-5,7,9-10,13,15,18,21,23,27H,6,8,11,22H2,1H3/b14-10+,21-9?/t13-,15-,18+/m1/s1. The van der Waals surface area contributed by atoms with E-state index in [0.29, 0.717) is 40.4 Å². The predicted molar refractivity (Wildman–Crippen MR) is 107 cm³/mol. The SMILES string of the molecule is CN(c1ccc(-c2ccc(/C(C=N)=C/N)cc2O)nn1)[C@H]1C[C@H]2C[C@@H]1CN2. The van der Waals surface area contributed by atoms with Crippen molar-refractivity contribution in [1.82, 2.24) is 15.5 Å². The van der Waals surface area contributed by atoms with E-state index in [1.165, 1.54) is 12.6 Å². The second-order valence-electron chi connectivity index (χ2n) is 7.29. The molecule has 1 aliphatic heterocycles. The number of nitrogens with two attached hydrogens (primary N) is 1. The maximum absolute atomic E-state index is 10.4. The minimum absolute atomic E-state index is 0.0864. The Kier molecular flexibility index (Phi) is 4.53. The van der Waals surface area contributed by atoms with Gasteiger partial charge in [0.2, 0.25) is 0 Å². The lowest BCUT2D eigenvalue weighted by Crippen LogP contribution is -2.43. The van der Waals surface area contributed by atoms with E-state index in [2.05, 4.69) is 27.5 Å². The van der Waals surface area contributed by atoms with Crippen molar-refractivity contribution in [2.45, 2.75) is 24.9 Å². The second kappa shape index (κ2) is 7.00. The first kappa shape index (κ1) is 17.5. The van der Waals surface area contributed by atoms with E-state index in [9.17, 15) is 5.11 Å². The number of allylic oxidation sites excluding steroid dienone is 1. The molecule has 1 aromatic heterocycles. The van der Waals surface area contributed by atoms with Gasteiger partial charge in [-0.25, -0.2) is 0 Å². The molecule has 7 nitrogen and oxygen atoms in total. The van der Waals surface area contributed by atoms with Gasteiger partial charge in [-0.15, -0.1) is 10.2 Å². The molecule has 1 aliphatic carbocycles. The highest BCUT2D eigenvalue weighted by molar-refractivity contribution is 6.08. The van der Waals surface area contributed by atoms with Gasteiger partial charge in [-0.1, -0.05) is 6.07 Å². The lowest BCUT2D eigenvalue weighted by molar-refractivity contribution is 0.422. The van der Waals surface area contributed by atoms with Gasteiger partial charge < -0.3 is 26.5 Å². The zero-order chi connectivity index (χ0) is 19.0. The van der Waals surface area contributed by atoms with Gasteiger partial charge in [0, 0.05) is 49.2 Å². The molecule has 0 spiro atoms. The molecule has 0 radical (unpaired) electrons. The Hall–Kier alpha value is -2.93. The van der Waals surface area contributed by atoms with Crippen molar-refractivity contribution in [3.8, 4) is 17.0 Å². The first-order valence-corrected chi connectivity index (χ1v) is 9.16. The molecule has 1 saturated carbocycles. The fraction of sp³-hybridized carbons (Fsp3) is 0.350. The van der Waals surface area contributed by atoms with E-state index in [1.807, 2.05) is 18.2 Å². The lowest BCUT2D eigenvalue weighted by Gasteiger charge is -2.32. The Morgan fingerprint density at radius 1 is 1.30 bits per heavy atom. The van der Waals surface area contributed by atoms with Crippen LogP contribution < -0.4 is 16.0 Å². The number of rotatable bonds is 5. The summed E-state index contributed by atoms with van der Waals surface area (Å²) in [6.07, 6.45) is 4.90. The van der Waals surface area contributed by atoms with Crippen molar-refractivity contribution in [1.29, 1.82) is 5.41 Å². The van der Waals surface area contributed by atoms with Crippen LogP contribution in [0.2, 0.25) is 0 Å². The highest BCUT2D eigenvalue weighted by Crippen LogP contribution is 2.36. The summed E-state index contributed by atoms with van der Waals surface area (Å²) in [7, 11) is 2.08. The fourth-order valence-electron chi connectivity index (χ4n) is 4.26. The minimum atomic E-state index is 0.0864. The van der Waals surface area contributed by atoms with Crippen molar-refractivity contribution in [2.24, 2.45) is 11.7 Å². The smallest absolute Gasteiger partial charge is 0.151 e. The number of phenolic OH excluding ortho intramolecular Hbond substituents is 1. The van der Waals surface area contributed by atoms with E-state index in [4.69, 9.17) is 11.1 Å². The summed E-state index contributed by atoms with van der Waals surface area (Å²) in [5, 5.41) is 30.0. The molecule has 27 heavy (non-hydrogen) atoms. The van der Waals surface area contributed by atoms with Crippen LogP contribution in [0.3, 0.4) is 0 Å². The number of aromatic nitrogens is 2. The average molecular weight is 364 g/mol. The van der Waals surface area contributed by atoms with Crippen molar-refractivity contribution in [2.75, 3.05) is 18.5 Å². The van der Waals surface area contributed by atoms with Crippen LogP contribution in [-0.2, 0) is 0 Å². The Morgan fingerprint density at radius 3 is 2.70 bits per heavy atom.